The minimum atomic E-state index is -0.608. The first kappa shape index (κ1) is 14.5. The van der Waals surface area contributed by atoms with E-state index in [-0.39, 0.29) is 21.8 Å². The Bertz CT molecular complexity index is 731. The van der Waals surface area contributed by atoms with Crippen molar-refractivity contribution in [3.63, 3.8) is 0 Å². The largest absolute Gasteiger partial charge is 0.506 e. The molecule has 10 heteroatoms. The Balaban J connectivity index is 2.22. The van der Waals surface area contributed by atoms with Gasteiger partial charge in [0.1, 0.15) is 16.0 Å². The Morgan fingerprint density at radius 1 is 1.35 bits per heavy atom. The molecule has 0 amide bonds. The van der Waals surface area contributed by atoms with Crippen molar-refractivity contribution < 1.29 is 10.2 Å². The molecule has 2 aromatic rings. The van der Waals surface area contributed by atoms with E-state index in [0.717, 1.165) is 0 Å². The molecule has 0 saturated heterocycles. The molecule has 20 heavy (non-hydrogen) atoms. The summed E-state index contributed by atoms with van der Waals surface area (Å²) in [7, 11) is 0. The summed E-state index contributed by atoms with van der Waals surface area (Å²) < 4.78 is 0.531. The second-order valence-electron chi connectivity index (χ2n) is 3.50. The molecule has 0 bridgehead atoms. The molecule has 0 unspecified atom stereocenters. The van der Waals surface area contributed by atoms with Crippen molar-refractivity contribution in [1.82, 2.24) is 15.2 Å². The van der Waals surface area contributed by atoms with Gasteiger partial charge in [-0.2, -0.15) is 15.2 Å². The molecule has 0 saturated carbocycles. The lowest BCUT2D eigenvalue weighted by Crippen LogP contribution is -2.13. The SMILES string of the molecule is O=c1nc(N/N=C/c2cc(Br)c(O)c(Br)c2O)cn[nH]1. The van der Waals surface area contributed by atoms with Gasteiger partial charge in [0, 0.05) is 5.56 Å². The van der Waals surface area contributed by atoms with E-state index in [1.165, 1.54) is 18.5 Å². The summed E-state index contributed by atoms with van der Waals surface area (Å²) in [5, 5.41) is 28.9. The van der Waals surface area contributed by atoms with Gasteiger partial charge in [-0.3, -0.25) is 5.43 Å². The molecule has 0 fully saturated rings. The van der Waals surface area contributed by atoms with Gasteiger partial charge in [-0.05, 0) is 37.9 Å². The molecule has 8 nitrogen and oxygen atoms in total. The second-order valence-corrected chi connectivity index (χ2v) is 5.15. The molecule has 1 aromatic heterocycles. The van der Waals surface area contributed by atoms with Crippen LogP contribution in [-0.2, 0) is 0 Å². The fourth-order valence-corrected chi connectivity index (χ4v) is 2.40. The number of anilines is 1. The molecule has 1 heterocycles. The predicted octanol–water partition coefficient (Wildman–Crippen LogP) is 1.55. The highest BCUT2D eigenvalue weighted by atomic mass is 79.9. The van der Waals surface area contributed by atoms with Gasteiger partial charge in [0.05, 0.1) is 16.9 Å². The van der Waals surface area contributed by atoms with Crippen molar-refractivity contribution in [3.8, 4) is 11.5 Å². The average Bonchev–Trinajstić information content (AvgIpc) is 2.42. The van der Waals surface area contributed by atoms with Gasteiger partial charge < -0.3 is 10.2 Å². The van der Waals surface area contributed by atoms with Crippen LogP contribution in [0.4, 0.5) is 5.82 Å². The van der Waals surface area contributed by atoms with Crippen molar-refractivity contribution in [2.45, 2.75) is 0 Å². The zero-order valence-corrected chi connectivity index (χ0v) is 12.8. The van der Waals surface area contributed by atoms with Gasteiger partial charge in [-0.1, -0.05) is 0 Å². The highest BCUT2D eigenvalue weighted by molar-refractivity contribution is 9.11. The normalized spacial score (nSPS) is 10.9. The first-order valence-corrected chi connectivity index (χ1v) is 6.68. The number of nitrogens with zero attached hydrogens (tertiary/aromatic N) is 3. The Labute approximate surface area is 128 Å². The van der Waals surface area contributed by atoms with Crippen LogP contribution in [0.2, 0.25) is 0 Å². The van der Waals surface area contributed by atoms with Crippen molar-refractivity contribution in [3.05, 3.63) is 37.3 Å². The number of phenols is 2. The van der Waals surface area contributed by atoms with Crippen LogP contribution in [0.15, 0.2) is 31.1 Å². The highest BCUT2D eigenvalue weighted by Crippen LogP contribution is 2.40. The summed E-state index contributed by atoms with van der Waals surface area (Å²) in [5.74, 6) is -0.136. The van der Waals surface area contributed by atoms with E-state index in [4.69, 9.17) is 0 Å². The van der Waals surface area contributed by atoms with E-state index in [1.54, 1.807) is 0 Å². The fraction of sp³-hybridized carbons (Fsp3) is 0. The van der Waals surface area contributed by atoms with E-state index < -0.39 is 5.69 Å². The van der Waals surface area contributed by atoms with Crippen molar-refractivity contribution in [2.24, 2.45) is 5.10 Å². The van der Waals surface area contributed by atoms with Crippen molar-refractivity contribution >= 4 is 43.9 Å². The Hall–Kier alpha value is -1.94. The van der Waals surface area contributed by atoms with Gasteiger partial charge >= 0.3 is 5.69 Å². The summed E-state index contributed by atoms with van der Waals surface area (Å²) in [6.45, 7) is 0. The number of hydrogen-bond donors (Lipinski definition) is 4. The number of hydrazone groups is 1. The lowest BCUT2D eigenvalue weighted by Gasteiger charge is -2.06. The second kappa shape index (κ2) is 6.01. The topological polar surface area (TPSA) is 123 Å². The Kier molecular flexibility index (Phi) is 4.35. The molecule has 0 aliphatic heterocycles. The van der Waals surface area contributed by atoms with Crippen LogP contribution in [0.3, 0.4) is 0 Å². The summed E-state index contributed by atoms with van der Waals surface area (Å²) in [6.07, 6.45) is 2.58. The minimum absolute atomic E-state index is 0.118. The maximum absolute atomic E-state index is 10.9. The first-order chi connectivity index (χ1) is 9.49. The third kappa shape index (κ3) is 3.14. The Morgan fingerprint density at radius 3 is 2.80 bits per heavy atom. The van der Waals surface area contributed by atoms with Gasteiger partial charge in [0.15, 0.2) is 5.82 Å². The predicted molar refractivity (Wildman–Crippen MR) is 79.0 cm³/mol. The highest BCUT2D eigenvalue weighted by Gasteiger charge is 2.12. The molecule has 1 aromatic carbocycles. The van der Waals surface area contributed by atoms with Crippen LogP contribution in [-0.4, -0.2) is 31.6 Å². The van der Waals surface area contributed by atoms with Gasteiger partial charge in [0.2, 0.25) is 0 Å². The smallest absolute Gasteiger partial charge is 0.363 e. The number of aromatic hydroxyl groups is 2. The van der Waals surface area contributed by atoms with Crippen LogP contribution in [0.5, 0.6) is 11.5 Å². The number of aromatic amines is 1. The van der Waals surface area contributed by atoms with Crippen LogP contribution in [0, 0.1) is 0 Å². The number of phenolic OH excluding ortho intramolecular Hbond substituents is 2. The number of benzene rings is 1. The summed E-state index contributed by atoms with van der Waals surface area (Å²) >= 11 is 6.18. The van der Waals surface area contributed by atoms with E-state index in [9.17, 15) is 15.0 Å². The van der Waals surface area contributed by atoms with E-state index >= 15 is 0 Å². The van der Waals surface area contributed by atoms with Gasteiger partial charge in [-0.25, -0.2) is 9.89 Å². The molecule has 0 aliphatic rings. The summed E-state index contributed by atoms with van der Waals surface area (Å²) in [6, 6.07) is 1.48. The summed E-state index contributed by atoms with van der Waals surface area (Å²) in [4.78, 5) is 14.5. The number of nitrogens with one attached hydrogen (secondary N) is 2. The summed E-state index contributed by atoms with van der Waals surface area (Å²) in [5.41, 5.74) is 2.22. The lowest BCUT2D eigenvalue weighted by atomic mass is 10.2. The zero-order chi connectivity index (χ0) is 14.7. The fourth-order valence-electron chi connectivity index (χ4n) is 1.25. The van der Waals surface area contributed by atoms with Crippen molar-refractivity contribution in [1.29, 1.82) is 0 Å². The molecule has 0 atom stereocenters. The average molecular weight is 405 g/mol. The molecule has 0 spiro atoms. The number of halogens is 2. The van der Waals surface area contributed by atoms with E-state index in [0.29, 0.717) is 10.0 Å². The third-order valence-electron chi connectivity index (χ3n) is 2.15. The molecule has 2 rings (SSSR count). The maximum Gasteiger partial charge on any atom is 0.363 e. The standard InChI is InChI=1S/C10H7Br2N5O3/c11-5-1-4(8(18)7(12)9(5)19)2-13-16-6-3-14-17-10(20)15-6/h1-3,18-19H,(H2,15,16,17,20)/b13-2+. The Morgan fingerprint density at radius 2 is 2.10 bits per heavy atom. The van der Waals surface area contributed by atoms with Gasteiger partial charge in [0.25, 0.3) is 0 Å². The molecule has 4 N–H and O–H groups in total. The van der Waals surface area contributed by atoms with Crippen LogP contribution >= 0.6 is 31.9 Å². The van der Waals surface area contributed by atoms with Crippen LogP contribution < -0.4 is 11.1 Å². The van der Waals surface area contributed by atoms with Crippen LogP contribution in [0.25, 0.3) is 0 Å². The monoisotopic (exact) mass is 403 g/mol. The molecule has 0 aliphatic carbocycles. The van der Waals surface area contributed by atoms with Crippen molar-refractivity contribution in [2.75, 3.05) is 5.43 Å². The number of H-pyrrole nitrogens is 1. The number of hydrogen-bond acceptors (Lipinski definition) is 7. The quantitative estimate of drug-likeness (QED) is 0.454. The zero-order valence-electron chi connectivity index (χ0n) is 9.63. The molecule has 0 radical (unpaired) electrons. The lowest BCUT2D eigenvalue weighted by molar-refractivity contribution is 0.442. The molecular formula is C10H7Br2N5O3. The third-order valence-corrected chi connectivity index (χ3v) is 3.51. The molecule has 104 valence electrons. The first-order valence-electron chi connectivity index (χ1n) is 5.09. The number of aromatic nitrogens is 3. The number of rotatable bonds is 3. The van der Waals surface area contributed by atoms with E-state index in [1.807, 2.05) is 0 Å². The van der Waals surface area contributed by atoms with Gasteiger partial charge in [-0.15, -0.1) is 0 Å². The minimum Gasteiger partial charge on any atom is -0.506 e. The molecular weight excluding hydrogens is 398 g/mol. The van der Waals surface area contributed by atoms with E-state index in [2.05, 4.69) is 57.6 Å². The van der Waals surface area contributed by atoms with Crippen LogP contribution in [0.1, 0.15) is 5.56 Å². The maximum atomic E-state index is 10.9.